The number of urea groups is 1. The Morgan fingerprint density at radius 1 is 1.13 bits per heavy atom. The topological polar surface area (TPSA) is 119 Å². The van der Waals surface area contributed by atoms with Gasteiger partial charge in [-0.15, -0.1) is 0 Å². The van der Waals surface area contributed by atoms with Crippen LogP contribution >= 0.6 is 0 Å². The molecule has 1 unspecified atom stereocenters. The fourth-order valence-electron chi connectivity index (χ4n) is 3.54. The highest BCUT2D eigenvalue weighted by Crippen LogP contribution is 2.21. The lowest BCUT2D eigenvalue weighted by Crippen LogP contribution is -2.54. The van der Waals surface area contributed by atoms with Crippen LogP contribution in [0.15, 0.2) is 23.1 Å². The van der Waals surface area contributed by atoms with Gasteiger partial charge in [0.15, 0.2) is 0 Å². The number of carbonyl (C=O) groups is 3. The first-order valence-corrected chi connectivity index (χ1v) is 11.7. The van der Waals surface area contributed by atoms with Gasteiger partial charge in [-0.1, -0.05) is 13.0 Å². The van der Waals surface area contributed by atoms with Gasteiger partial charge < -0.3 is 5.32 Å². The molecule has 2 fully saturated rings. The highest BCUT2D eigenvalue weighted by Gasteiger charge is 2.47. The van der Waals surface area contributed by atoms with Crippen molar-refractivity contribution < 1.29 is 22.8 Å². The average Bonchev–Trinajstić information content (AvgIpc) is 2.94. The number of hydrazine groups is 1. The molecule has 0 spiro atoms. The van der Waals surface area contributed by atoms with E-state index in [2.05, 4.69) is 10.7 Å². The number of nitrogens with zero attached hydrogens (tertiary/aromatic N) is 3. The van der Waals surface area contributed by atoms with Gasteiger partial charge in [0.05, 0.1) is 11.4 Å². The molecule has 10 nitrogen and oxygen atoms in total. The third-order valence-corrected chi connectivity index (χ3v) is 7.91. The summed E-state index contributed by atoms with van der Waals surface area (Å²) in [6.45, 7) is 8.37. The van der Waals surface area contributed by atoms with Crippen LogP contribution in [-0.4, -0.2) is 78.7 Å². The van der Waals surface area contributed by atoms with Crippen molar-refractivity contribution in [3.63, 3.8) is 0 Å². The zero-order chi connectivity index (χ0) is 23.0. The van der Waals surface area contributed by atoms with Crippen LogP contribution in [0.2, 0.25) is 0 Å². The first kappa shape index (κ1) is 23.2. The van der Waals surface area contributed by atoms with Gasteiger partial charge in [-0.2, -0.15) is 9.31 Å². The molecule has 0 radical (unpaired) electrons. The molecule has 31 heavy (non-hydrogen) atoms. The van der Waals surface area contributed by atoms with Gasteiger partial charge in [-0.05, 0) is 50.5 Å². The second-order valence-electron chi connectivity index (χ2n) is 8.22. The Balaban J connectivity index is 1.55. The van der Waals surface area contributed by atoms with Gasteiger partial charge in [0.25, 0.3) is 11.8 Å². The Labute approximate surface area is 182 Å². The second kappa shape index (κ2) is 8.56. The number of piperazine rings is 1. The minimum absolute atomic E-state index is 0.0442. The van der Waals surface area contributed by atoms with Crippen molar-refractivity contribution in [2.75, 3.05) is 32.7 Å². The predicted molar refractivity (Wildman–Crippen MR) is 113 cm³/mol. The molecule has 2 N–H and O–H groups in total. The number of sulfonamides is 1. The molecular formula is C20H29N5O5S. The van der Waals surface area contributed by atoms with Gasteiger partial charge in [-0.3, -0.25) is 19.9 Å². The highest BCUT2D eigenvalue weighted by atomic mass is 32.2. The molecule has 2 aliphatic rings. The summed E-state index contributed by atoms with van der Waals surface area (Å²) in [4.78, 5) is 38.8. The zero-order valence-corrected chi connectivity index (χ0v) is 19.1. The summed E-state index contributed by atoms with van der Waals surface area (Å²) in [5.74, 6) is -1.01. The highest BCUT2D eigenvalue weighted by molar-refractivity contribution is 7.89. The van der Waals surface area contributed by atoms with E-state index in [-0.39, 0.29) is 24.5 Å². The quantitative estimate of drug-likeness (QED) is 0.603. The molecule has 1 aromatic carbocycles. The molecule has 2 heterocycles. The van der Waals surface area contributed by atoms with Crippen molar-refractivity contribution in [3.05, 3.63) is 29.3 Å². The Bertz CT molecular complexity index is 1000. The smallest absolute Gasteiger partial charge is 0.322 e. The van der Waals surface area contributed by atoms with Gasteiger partial charge in [-0.25, -0.2) is 13.2 Å². The SMILES string of the molecule is CCC1(C)NC(=O)N(NC(=O)CN2CCN(S(=O)(=O)c3ccc(C)c(C)c3)CC2)C1=O. The Hall–Kier alpha value is -2.50. The van der Waals surface area contributed by atoms with Crippen LogP contribution in [0.1, 0.15) is 31.4 Å². The fourth-order valence-corrected chi connectivity index (χ4v) is 5.05. The van der Waals surface area contributed by atoms with E-state index < -0.39 is 33.4 Å². The van der Waals surface area contributed by atoms with Crippen molar-refractivity contribution in [2.45, 2.75) is 44.6 Å². The summed E-state index contributed by atoms with van der Waals surface area (Å²) in [6, 6.07) is 4.42. The van der Waals surface area contributed by atoms with E-state index in [0.717, 1.165) is 11.1 Å². The Morgan fingerprint density at radius 2 is 1.77 bits per heavy atom. The molecule has 2 aliphatic heterocycles. The molecule has 3 rings (SSSR count). The number of amides is 4. The molecule has 0 saturated carbocycles. The van der Waals surface area contributed by atoms with Crippen LogP contribution in [-0.2, 0) is 19.6 Å². The summed E-state index contributed by atoms with van der Waals surface area (Å²) in [7, 11) is -3.60. The largest absolute Gasteiger partial charge is 0.344 e. The minimum atomic E-state index is -3.60. The van der Waals surface area contributed by atoms with Crippen molar-refractivity contribution in [1.82, 2.24) is 25.0 Å². The lowest BCUT2D eigenvalue weighted by molar-refractivity contribution is -0.139. The third kappa shape index (κ3) is 4.58. The van der Waals surface area contributed by atoms with Crippen LogP contribution in [0, 0.1) is 13.8 Å². The summed E-state index contributed by atoms with van der Waals surface area (Å²) >= 11 is 0. The summed E-state index contributed by atoms with van der Waals surface area (Å²) in [5.41, 5.74) is 3.26. The van der Waals surface area contributed by atoms with E-state index >= 15 is 0 Å². The molecule has 1 atom stereocenters. The summed E-state index contributed by atoms with van der Waals surface area (Å²) in [5, 5.41) is 3.28. The maximum atomic E-state index is 12.9. The van der Waals surface area contributed by atoms with Crippen LogP contribution in [0.5, 0.6) is 0 Å². The summed E-state index contributed by atoms with van der Waals surface area (Å²) in [6.07, 6.45) is 0.404. The maximum absolute atomic E-state index is 12.9. The van der Waals surface area contributed by atoms with Crippen molar-refractivity contribution in [2.24, 2.45) is 0 Å². The van der Waals surface area contributed by atoms with Crippen LogP contribution in [0.25, 0.3) is 0 Å². The number of imide groups is 1. The standard InChI is InChI=1S/C20H29N5O5S/c1-5-20(4)18(27)25(19(28)21-20)22-17(26)13-23-8-10-24(11-9-23)31(29,30)16-7-6-14(2)15(3)12-16/h6-7,12H,5,8-11,13H2,1-4H3,(H,21,28)(H,22,26). The van der Waals surface area contributed by atoms with E-state index in [4.69, 9.17) is 0 Å². The third-order valence-electron chi connectivity index (χ3n) is 6.02. The lowest BCUT2D eigenvalue weighted by atomic mass is 10.00. The molecule has 0 aliphatic carbocycles. The van der Waals surface area contributed by atoms with Gasteiger partial charge in [0.2, 0.25) is 10.0 Å². The second-order valence-corrected chi connectivity index (χ2v) is 10.2. The first-order valence-electron chi connectivity index (χ1n) is 10.2. The monoisotopic (exact) mass is 451 g/mol. The van der Waals surface area contributed by atoms with Gasteiger partial charge in [0.1, 0.15) is 5.54 Å². The van der Waals surface area contributed by atoms with Gasteiger partial charge in [0, 0.05) is 26.2 Å². The molecule has 4 amide bonds. The van der Waals surface area contributed by atoms with E-state index in [1.807, 2.05) is 13.8 Å². The number of aryl methyl sites for hydroxylation is 2. The summed E-state index contributed by atoms with van der Waals surface area (Å²) < 4.78 is 27.2. The molecule has 1 aromatic rings. The zero-order valence-electron chi connectivity index (χ0n) is 18.3. The number of hydrogen-bond donors (Lipinski definition) is 2. The Kier molecular flexibility index (Phi) is 6.40. The Morgan fingerprint density at radius 3 is 2.32 bits per heavy atom. The van der Waals surface area contributed by atoms with Crippen LogP contribution < -0.4 is 10.7 Å². The molecule has 0 bridgehead atoms. The molecular weight excluding hydrogens is 422 g/mol. The van der Waals surface area contributed by atoms with E-state index in [0.29, 0.717) is 24.5 Å². The number of hydrogen-bond acceptors (Lipinski definition) is 6. The minimum Gasteiger partial charge on any atom is -0.322 e. The van der Waals surface area contributed by atoms with Crippen molar-refractivity contribution in [3.8, 4) is 0 Å². The average molecular weight is 452 g/mol. The van der Waals surface area contributed by atoms with Gasteiger partial charge >= 0.3 is 6.03 Å². The lowest BCUT2D eigenvalue weighted by Gasteiger charge is -2.33. The van der Waals surface area contributed by atoms with E-state index in [1.165, 1.54) is 4.31 Å². The maximum Gasteiger partial charge on any atom is 0.344 e. The first-order chi connectivity index (χ1) is 14.5. The number of carbonyl (C=O) groups excluding carboxylic acids is 3. The molecule has 11 heteroatoms. The number of nitrogens with one attached hydrogen (secondary N) is 2. The number of rotatable bonds is 6. The molecule has 2 saturated heterocycles. The molecule has 0 aromatic heterocycles. The van der Waals surface area contributed by atoms with Crippen molar-refractivity contribution >= 4 is 27.9 Å². The number of benzene rings is 1. The fraction of sp³-hybridized carbons (Fsp3) is 0.550. The van der Waals surface area contributed by atoms with Crippen LogP contribution in [0.3, 0.4) is 0 Å². The van der Waals surface area contributed by atoms with E-state index in [9.17, 15) is 22.8 Å². The normalized spacial score (nSPS) is 23.2. The molecule has 170 valence electrons. The van der Waals surface area contributed by atoms with Crippen molar-refractivity contribution in [1.29, 1.82) is 0 Å². The van der Waals surface area contributed by atoms with Crippen LogP contribution in [0.4, 0.5) is 4.79 Å². The predicted octanol–water partition coefficient (Wildman–Crippen LogP) is 0.361. The van der Waals surface area contributed by atoms with E-state index in [1.54, 1.807) is 36.9 Å².